The predicted molar refractivity (Wildman–Crippen MR) is 89.1 cm³/mol. The fraction of sp³-hybridized carbons (Fsp3) is 0.222. The second kappa shape index (κ2) is 6.28. The van der Waals surface area contributed by atoms with Crippen molar-refractivity contribution in [3.8, 4) is 0 Å². The summed E-state index contributed by atoms with van der Waals surface area (Å²) in [5, 5.41) is 0. The molecular formula is C18H19NO3S. The lowest BCUT2D eigenvalue weighted by Gasteiger charge is -2.20. The minimum atomic E-state index is -3.72. The van der Waals surface area contributed by atoms with Crippen LogP contribution in [0.25, 0.3) is 0 Å². The van der Waals surface area contributed by atoms with Gasteiger partial charge in [0.2, 0.25) is 0 Å². The molecule has 23 heavy (non-hydrogen) atoms. The summed E-state index contributed by atoms with van der Waals surface area (Å²) in [7, 11) is -3.72. The van der Waals surface area contributed by atoms with Crippen LogP contribution in [0, 0.1) is 6.92 Å². The molecule has 120 valence electrons. The van der Waals surface area contributed by atoms with E-state index in [1.165, 1.54) is 0 Å². The van der Waals surface area contributed by atoms with Crippen LogP contribution in [0.2, 0.25) is 0 Å². The van der Waals surface area contributed by atoms with Crippen LogP contribution in [-0.4, -0.2) is 18.9 Å². The molecular weight excluding hydrogens is 310 g/mol. The Morgan fingerprint density at radius 3 is 2.39 bits per heavy atom. The van der Waals surface area contributed by atoms with Crippen molar-refractivity contribution in [1.29, 1.82) is 0 Å². The standard InChI is InChI=1S/C18H19NO3S/c1-3-16-13-18(15-7-5-4-6-8-15)22-19(16)23(20,21)17-11-9-14(2)10-12-17/h3-12,16,18H,1,13H2,2H3. The van der Waals surface area contributed by atoms with E-state index in [1.807, 2.05) is 37.3 Å². The maximum atomic E-state index is 12.8. The normalized spacial score (nSPS) is 22.1. The summed E-state index contributed by atoms with van der Waals surface area (Å²) in [5.41, 5.74) is 1.97. The summed E-state index contributed by atoms with van der Waals surface area (Å²) in [4.78, 5) is 6.00. The molecule has 0 bridgehead atoms. The Morgan fingerprint density at radius 1 is 1.13 bits per heavy atom. The molecule has 0 N–H and O–H groups in total. The highest BCUT2D eigenvalue weighted by atomic mass is 32.2. The summed E-state index contributed by atoms with van der Waals surface area (Å²) >= 11 is 0. The third-order valence-electron chi connectivity index (χ3n) is 3.96. The molecule has 1 aliphatic heterocycles. The first-order valence-electron chi connectivity index (χ1n) is 7.48. The Kier molecular flexibility index (Phi) is 4.35. The quantitative estimate of drug-likeness (QED) is 0.805. The highest BCUT2D eigenvalue weighted by Crippen LogP contribution is 2.37. The van der Waals surface area contributed by atoms with Gasteiger partial charge < -0.3 is 0 Å². The summed E-state index contributed by atoms with van der Waals surface area (Å²) < 4.78 is 26.8. The van der Waals surface area contributed by atoms with E-state index in [2.05, 4.69) is 6.58 Å². The molecule has 4 nitrogen and oxygen atoms in total. The predicted octanol–water partition coefficient (Wildman–Crippen LogP) is 3.62. The molecule has 0 spiro atoms. The lowest BCUT2D eigenvalue weighted by molar-refractivity contribution is -0.0856. The van der Waals surface area contributed by atoms with Gasteiger partial charge in [-0.25, -0.2) is 8.42 Å². The minimum Gasteiger partial charge on any atom is -0.275 e. The van der Waals surface area contributed by atoms with E-state index >= 15 is 0 Å². The van der Waals surface area contributed by atoms with Crippen molar-refractivity contribution in [3.05, 3.63) is 78.4 Å². The number of hydroxylamine groups is 1. The molecule has 0 amide bonds. The Balaban J connectivity index is 1.92. The largest absolute Gasteiger partial charge is 0.275 e. The first-order chi connectivity index (χ1) is 11.0. The van der Waals surface area contributed by atoms with Gasteiger partial charge in [-0.3, -0.25) is 4.84 Å². The lowest BCUT2D eigenvalue weighted by Crippen LogP contribution is -2.33. The van der Waals surface area contributed by atoms with Crippen molar-refractivity contribution in [2.45, 2.75) is 30.4 Å². The zero-order valence-corrected chi connectivity index (χ0v) is 13.7. The van der Waals surface area contributed by atoms with Crippen molar-refractivity contribution < 1.29 is 13.3 Å². The number of rotatable bonds is 4. The van der Waals surface area contributed by atoms with Gasteiger partial charge in [-0.1, -0.05) is 58.6 Å². The fourth-order valence-corrected chi connectivity index (χ4v) is 4.08. The second-order valence-electron chi connectivity index (χ2n) is 5.62. The molecule has 1 heterocycles. The van der Waals surface area contributed by atoms with Gasteiger partial charge in [0, 0.05) is 6.42 Å². The van der Waals surface area contributed by atoms with Gasteiger partial charge in [-0.2, -0.15) is 0 Å². The van der Waals surface area contributed by atoms with Crippen LogP contribution < -0.4 is 0 Å². The smallest absolute Gasteiger partial charge is 0.265 e. The van der Waals surface area contributed by atoms with Gasteiger partial charge in [0.1, 0.15) is 6.10 Å². The molecule has 1 aliphatic rings. The summed E-state index contributed by atoms with van der Waals surface area (Å²) in [6, 6.07) is 16.0. The maximum absolute atomic E-state index is 12.8. The number of hydrogen-bond acceptors (Lipinski definition) is 3. The summed E-state index contributed by atoms with van der Waals surface area (Å²) in [6.45, 7) is 5.67. The SMILES string of the molecule is C=CC1CC(c2ccccc2)ON1S(=O)(=O)c1ccc(C)cc1. The van der Waals surface area contributed by atoms with E-state index in [4.69, 9.17) is 4.84 Å². The molecule has 2 unspecified atom stereocenters. The molecule has 1 fully saturated rings. The molecule has 5 heteroatoms. The minimum absolute atomic E-state index is 0.226. The fourth-order valence-electron chi connectivity index (χ4n) is 2.65. The van der Waals surface area contributed by atoms with Crippen LogP contribution in [0.4, 0.5) is 0 Å². The van der Waals surface area contributed by atoms with Crippen molar-refractivity contribution >= 4 is 10.0 Å². The Bertz CT molecular complexity index is 785. The van der Waals surface area contributed by atoms with Crippen molar-refractivity contribution in [2.75, 3.05) is 0 Å². The van der Waals surface area contributed by atoms with E-state index in [0.717, 1.165) is 15.6 Å². The van der Waals surface area contributed by atoms with Crippen LogP contribution in [0.15, 0.2) is 72.1 Å². The van der Waals surface area contributed by atoms with E-state index in [9.17, 15) is 8.42 Å². The number of nitrogens with zero attached hydrogens (tertiary/aromatic N) is 1. The van der Waals surface area contributed by atoms with Gasteiger partial charge in [-0.15, -0.1) is 6.58 Å². The molecule has 1 saturated heterocycles. The Morgan fingerprint density at radius 2 is 1.78 bits per heavy atom. The maximum Gasteiger partial charge on any atom is 0.265 e. The van der Waals surface area contributed by atoms with Gasteiger partial charge >= 0.3 is 0 Å². The number of benzene rings is 2. The lowest BCUT2D eigenvalue weighted by atomic mass is 10.0. The first kappa shape index (κ1) is 15.9. The average molecular weight is 329 g/mol. The van der Waals surface area contributed by atoms with E-state index in [-0.39, 0.29) is 17.0 Å². The Labute approximate surface area is 137 Å². The molecule has 0 radical (unpaired) electrons. The third kappa shape index (κ3) is 3.08. The van der Waals surface area contributed by atoms with Crippen LogP contribution in [-0.2, 0) is 14.9 Å². The van der Waals surface area contributed by atoms with Crippen LogP contribution in [0.1, 0.15) is 23.7 Å². The van der Waals surface area contributed by atoms with Crippen molar-refractivity contribution in [1.82, 2.24) is 4.47 Å². The topological polar surface area (TPSA) is 46.6 Å². The molecule has 2 aromatic carbocycles. The van der Waals surface area contributed by atoms with Gasteiger partial charge in [0.25, 0.3) is 10.0 Å². The van der Waals surface area contributed by atoms with Gasteiger partial charge in [-0.05, 0) is 24.6 Å². The molecule has 0 aliphatic carbocycles. The van der Waals surface area contributed by atoms with E-state index in [0.29, 0.717) is 6.42 Å². The second-order valence-corrected chi connectivity index (χ2v) is 7.40. The van der Waals surface area contributed by atoms with E-state index < -0.39 is 10.0 Å². The van der Waals surface area contributed by atoms with Gasteiger partial charge in [0.05, 0.1) is 10.9 Å². The highest BCUT2D eigenvalue weighted by Gasteiger charge is 2.41. The van der Waals surface area contributed by atoms with Crippen LogP contribution in [0.5, 0.6) is 0 Å². The van der Waals surface area contributed by atoms with Gasteiger partial charge in [0.15, 0.2) is 0 Å². The molecule has 0 saturated carbocycles. The number of sulfonamides is 1. The number of aryl methyl sites for hydroxylation is 1. The first-order valence-corrected chi connectivity index (χ1v) is 8.92. The molecule has 3 rings (SSSR count). The molecule has 2 atom stereocenters. The number of hydrogen-bond donors (Lipinski definition) is 0. The van der Waals surface area contributed by atoms with Crippen molar-refractivity contribution in [2.24, 2.45) is 0 Å². The molecule has 0 aromatic heterocycles. The zero-order chi connectivity index (χ0) is 16.4. The zero-order valence-electron chi connectivity index (χ0n) is 12.9. The average Bonchev–Trinajstić information content (AvgIpc) is 3.01. The monoisotopic (exact) mass is 329 g/mol. The Hall–Kier alpha value is -1.95. The van der Waals surface area contributed by atoms with Crippen molar-refractivity contribution in [3.63, 3.8) is 0 Å². The van der Waals surface area contributed by atoms with E-state index in [1.54, 1.807) is 30.3 Å². The summed E-state index contributed by atoms with van der Waals surface area (Å²) in [5.74, 6) is 0. The highest BCUT2D eigenvalue weighted by molar-refractivity contribution is 7.89. The van der Waals surface area contributed by atoms with Crippen LogP contribution in [0.3, 0.4) is 0 Å². The summed E-state index contributed by atoms with van der Waals surface area (Å²) in [6.07, 6.45) is 1.88. The van der Waals surface area contributed by atoms with Crippen LogP contribution >= 0.6 is 0 Å². The third-order valence-corrected chi connectivity index (χ3v) is 5.66. The molecule has 2 aromatic rings.